The topological polar surface area (TPSA) is 75.2 Å². The van der Waals surface area contributed by atoms with E-state index >= 15 is 0 Å². The van der Waals surface area contributed by atoms with Crippen LogP contribution >= 0.6 is 0 Å². The highest BCUT2D eigenvalue weighted by atomic mass is 16.2. The van der Waals surface area contributed by atoms with E-state index in [2.05, 4.69) is 5.32 Å². The number of nitrogens with zero attached hydrogens (tertiary/aromatic N) is 1. The van der Waals surface area contributed by atoms with Crippen LogP contribution in [0.3, 0.4) is 0 Å². The van der Waals surface area contributed by atoms with E-state index in [1.165, 1.54) is 186 Å². The highest BCUT2D eigenvalue weighted by Gasteiger charge is 2.22. The van der Waals surface area contributed by atoms with Crippen molar-refractivity contribution in [1.29, 1.82) is 0 Å². The van der Waals surface area contributed by atoms with E-state index in [4.69, 9.17) is 5.73 Å². The fourth-order valence-corrected chi connectivity index (χ4v) is 6.25. The van der Waals surface area contributed by atoms with Crippen molar-refractivity contribution in [2.45, 2.75) is 205 Å². The molecule has 1 aliphatic rings. The van der Waals surface area contributed by atoms with E-state index in [-0.39, 0.29) is 5.91 Å². The van der Waals surface area contributed by atoms with E-state index < -0.39 is 0 Å². The van der Waals surface area contributed by atoms with Gasteiger partial charge in [0.1, 0.15) is 0 Å². The van der Waals surface area contributed by atoms with Crippen LogP contribution in [0.25, 0.3) is 0 Å². The fraction of sp³-hybridized carbons (Fsp3) is 0.947. The minimum atomic E-state index is -0.154. The summed E-state index contributed by atoms with van der Waals surface area (Å²) in [5.74, 6) is 0.228. The third-order valence-electron chi connectivity index (χ3n) is 9.32. The van der Waals surface area contributed by atoms with Gasteiger partial charge in [-0.15, -0.1) is 0 Å². The molecule has 0 aliphatic carbocycles. The molecule has 0 spiro atoms. The van der Waals surface area contributed by atoms with Gasteiger partial charge in [-0.25, -0.2) is 0 Å². The molecular weight excluding hydrogens is 530 g/mol. The molecule has 5 heteroatoms. The lowest BCUT2D eigenvalue weighted by Gasteiger charge is -2.06. The standard InChI is InChI=1S/C38H75N3O2/c39-37(42)31-27-23-19-15-11-7-3-1-5-9-13-17-21-25-29-33-40-34-30-26-22-18-14-10-6-2-4-8-12-16-20-24-28-32-38(43)41-35-36-41/h40H,1-36H2,(H2,39,42). The Morgan fingerprint density at radius 2 is 0.651 bits per heavy atom. The van der Waals surface area contributed by atoms with Crippen molar-refractivity contribution in [3.8, 4) is 0 Å². The molecule has 0 radical (unpaired) electrons. The summed E-state index contributed by atoms with van der Waals surface area (Å²) >= 11 is 0. The third kappa shape index (κ3) is 32.1. The predicted octanol–water partition coefficient (Wildman–Crippen LogP) is 10.4. The van der Waals surface area contributed by atoms with Crippen LogP contribution in [0, 0.1) is 0 Å². The summed E-state index contributed by atoms with van der Waals surface area (Å²) in [5, 5.41) is 3.67. The molecule has 0 unspecified atom stereocenters. The molecule has 1 heterocycles. The van der Waals surface area contributed by atoms with Crippen LogP contribution < -0.4 is 11.1 Å². The van der Waals surface area contributed by atoms with E-state index in [1.807, 2.05) is 4.90 Å². The first-order valence-electron chi connectivity index (χ1n) is 19.5. The Morgan fingerprint density at radius 3 is 0.930 bits per heavy atom. The Kier molecular flexibility index (Phi) is 30.0. The molecule has 2 amide bonds. The van der Waals surface area contributed by atoms with Gasteiger partial charge in [-0.2, -0.15) is 0 Å². The highest BCUT2D eigenvalue weighted by molar-refractivity contribution is 5.78. The molecule has 1 aliphatic heterocycles. The second kappa shape index (κ2) is 32.3. The average Bonchev–Trinajstić information content (AvgIpc) is 3.85. The summed E-state index contributed by atoms with van der Waals surface area (Å²) in [7, 11) is 0. The van der Waals surface area contributed by atoms with Gasteiger partial charge in [-0.05, 0) is 38.8 Å². The maximum Gasteiger partial charge on any atom is 0.222 e. The Morgan fingerprint density at radius 1 is 0.395 bits per heavy atom. The van der Waals surface area contributed by atoms with E-state index in [0.717, 1.165) is 38.8 Å². The van der Waals surface area contributed by atoms with E-state index in [9.17, 15) is 9.59 Å². The zero-order chi connectivity index (χ0) is 30.9. The van der Waals surface area contributed by atoms with Gasteiger partial charge < -0.3 is 16.0 Å². The molecule has 0 aromatic carbocycles. The Balaban J connectivity index is 1.60. The zero-order valence-electron chi connectivity index (χ0n) is 28.8. The first kappa shape index (κ1) is 39.9. The molecule has 1 saturated heterocycles. The monoisotopic (exact) mass is 606 g/mol. The van der Waals surface area contributed by atoms with Gasteiger partial charge in [0.2, 0.25) is 11.8 Å². The van der Waals surface area contributed by atoms with E-state index in [0.29, 0.717) is 12.3 Å². The molecule has 0 bridgehead atoms. The molecule has 0 saturated carbocycles. The van der Waals surface area contributed by atoms with Crippen molar-refractivity contribution in [3.05, 3.63) is 0 Å². The Hall–Kier alpha value is -1.10. The molecule has 0 aromatic heterocycles. The van der Waals surface area contributed by atoms with Gasteiger partial charge >= 0.3 is 0 Å². The third-order valence-corrected chi connectivity index (χ3v) is 9.32. The fourth-order valence-electron chi connectivity index (χ4n) is 6.25. The molecule has 1 fully saturated rings. The average molecular weight is 606 g/mol. The molecular formula is C38H75N3O2. The number of unbranched alkanes of at least 4 members (excludes halogenated alkanes) is 28. The lowest BCUT2D eigenvalue weighted by atomic mass is 10.0. The summed E-state index contributed by atoms with van der Waals surface area (Å²) in [6, 6.07) is 0. The molecule has 0 aromatic rings. The van der Waals surface area contributed by atoms with Gasteiger partial charge in [0, 0.05) is 25.9 Å². The first-order valence-corrected chi connectivity index (χ1v) is 19.5. The van der Waals surface area contributed by atoms with Crippen LogP contribution in [-0.4, -0.2) is 42.9 Å². The van der Waals surface area contributed by atoms with Crippen LogP contribution in [0.4, 0.5) is 0 Å². The first-order chi connectivity index (χ1) is 21.2. The number of nitrogens with one attached hydrogen (secondary N) is 1. The summed E-state index contributed by atoms with van der Waals surface area (Å²) in [4.78, 5) is 24.3. The molecule has 5 nitrogen and oxygen atoms in total. The quantitative estimate of drug-likeness (QED) is 0.0551. The molecule has 254 valence electrons. The summed E-state index contributed by atoms with van der Waals surface area (Å²) in [6.45, 7) is 4.44. The summed E-state index contributed by atoms with van der Waals surface area (Å²) < 4.78 is 0. The van der Waals surface area contributed by atoms with Crippen LogP contribution in [0.5, 0.6) is 0 Å². The maximum atomic E-state index is 11.6. The molecule has 0 atom stereocenters. The van der Waals surface area contributed by atoms with Gasteiger partial charge in [0.25, 0.3) is 0 Å². The van der Waals surface area contributed by atoms with Crippen LogP contribution in [0.1, 0.15) is 205 Å². The van der Waals surface area contributed by atoms with Crippen LogP contribution in [0.15, 0.2) is 0 Å². The summed E-state index contributed by atoms with van der Waals surface area (Å²) in [6.07, 6.45) is 42.1. The predicted molar refractivity (Wildman–Crippen MR) is 186 cm³/mol. The number of rotatable bonds is 36. The van der Waals surface area contributed by atoms with Crippen LogP contribution in [0.2, 0.25) is 0 Å². The van der Waals surface area contributed by atoms with Crippen molar-refractivity contribution in [2.75, 3.05) is 26.2 Å². The Labute approximate surface area is 268 Å². The lowest BCUT2D eigenvalue weighted by Crippen LogP contribution is -2.16. The highest BCUT2D eigenvalue weighted by Crippen LogP contribution is 2.16. The molecule has 3 N–H and O–H groups in total. The van der Waals surface area contributed by atoms with Crippen molar-refractivity contribution in [1.82, 2.24) is 10.2 Å². The molecule has 43 heavy (non-hydrogen) atoms. The van der Waals surface area contributed by atoms with Gasteiger partial charge in [-0.3, -0.25) is 9.59 Å². The number of amides is 2. The number of hydrogen-bond donors (Lipinski definition) is 2. The van der Waals surface area contributed by atoms with Crippen LogP contribution in [-0.2, 0) is 9.59 Å². The minimum absolute atomic E-state index is 0.154. The SMILES string of the molecule is NC(=O)CCCCCCCCCCCCCCCCCNCCCCCCCCCCCCCCCCCC(=O)N1CC1. The number of nitrogens with two attached hydrogens (primary N) is 1. The van der Waals surface area contributed by atoms with E-state index in [1.54, 1.807) is 0 Å². The summed E-state index contributed by atoms with van der Waals surface area (Å²) in [5.41, 5.74) is 5.17. The van der Waals surface area contributed by atoms with Crippen molar-refractivity contribution < 1.29 is 9.59 Å². The second-order valence-electron chi connectivity index (χ2n) is 13.7. The maximum absolute atomic E-state index is 11.6. The Bertz CT molecular complexity index is 608. The minimum Gasteiger partial charge on any atom is -0.370 e. The number of hydrogen-bond acceptors (Lipinski definition) is 3. The molecule has 1 rings (SSSR count). The smallest absolute Gasteiger partial charge is 0.222 e. The number of carbonyl (C=O) groups is 2. The number of primary amides is 1. The van der Waals surface area contributed by atoms with Crippen molar-refractivity contribution in [3.63, 3.8) is 0 Å². The van der Waals surface area contributed by atoms with Gasteiger partial charge in [-0.1, -0.05) is 167 Å². The lowest BCUT2D eigenvalue weighted by molar-refractivity contribution is -0.125. The van der Waals surface area contributed by atoms with Gasteiger partial charge in [0.15, 0.2) is 0 Å². The second-order valence-corrected chi connectivity index (χ2v) is 13.7. The largest absolute Gasteiger partial charge is 0.370 e. The van der Waals surface area contributed by atoms with Crippen molar-refractivity contribution >= 4 is 11.8 Å². The normalized spacial score (nSPS) is 12.7. The van der Waals surface area contributed by atoms with Gasteiger partial charge in [0.05, 0.1) is 0 Å². The van der Waals surface area contributed by atoms with Crippen molar-refractivity contribution in [2.24, 2.45) is 5.73 Å². The zero-order valence-corrected chi connectivity index (χ0v) is 28.8. The number of carbonyl (C=O) groups excluding carboxylic acids is 2.